The van der Waals surface area contributed by atoms with Gasteiger partial charge in [0.1, 0.15) is 5.00 Å². The molecular weight excluding hydrogens is 490 g/mol. The molecule has 0 saturated heterocycles. The van der Waals surface area contributed by atoms with Crippen LogP contribution in [-0.2, 0) is 6.54 Å². The molecule has 1 amide bonds. The van der Waals surface area contributed by atoms with E-state index in [2.05, 4.69) is 22.1 Å². The van der Waals surface area contributed by atoms with Crippen molar-refractivity contribution in [3.05, 3.63) is 112 Å². The molecule has 6 nitrogen and oxygen atoms in total. The number of amides is 1. The second kappa shape index (κ2) is 11.7. The lowest BCUT2D eigenvalue weighted by molar-refractivity contribution is 0.102. The van der Waals surface area contributed by atoms with E-state index in [1.165, 1.54) is 11.3 Å². The molecule has 0 aliphatic carbocycles. The van der Waals surface area contributed by atoms with Gasteiger partial charge in [-0.2, -0.15) is 5.10 Å². The summed E-state index contributed by atoms with van der Waals surface area (Å²) in [7, 11) is 4.00. The Balaban J connectivity index is 1.74. The number of rotatable bonds is 8. The van der Waals surface area contributed by atoms with Gasteiger partial charge in [-0.05, 0) is 42.0 Å². The van der Waals surface area contributed by atoms with Crippen molar-refractivity contribution in [2.24, 2.45) is 10.2 Å². The second-order valence-corrected chi connectivity index (χ2v) is 9.53. The Morgan fingerprint density at radius 2 is 1.75 bits per heavy atom. The van der Waals surface area contributed by atoms with Crippen LogP contribution in [0.25, 0.3) is 11.3 Å². The maximum Gasteiger partial charge on any atom is 0.256 e. The van der Waals surface area contributed by atoms with Crippen LogP contribution in [0.2, 0.25) is 5.02 Å². The van der Waals surface area contributed by atoms with E-state index in [4.69, 9.17) is 11.6 Å². The summed E-state index contributed by atoms with van der Waals surface area (Å²) in [4.78, 5) is 15.7. The van der Waals surface area contributed by atoms with E-state index < -0.39 is 0 Å². The fraction of sp³-hybridized carbons (Fsp3) is 0.107. The Hall–Kier alpha value is -3.94. The van der Waals surface area contributed by atoms with Gasteiger partial charge in [-0.15, -0.1) is 11.7 Å². The third-order valence-electron chi connectivity index (χ3n) is 5.36. The van der Waals surface area contributed by atoms with E-state index >= 15 is 0 Å². The largest absolute Gasteiger partial charge is 0.378 e. The second-order valence-electron chi connectivity index (χ2n) is 8.12. The van der Waals surface area contributed by atoms with Crippen LogP contribution in [0, 0.1) is 0 Å². The fourth-order valence-corrected chi connectivity index (χ4v) is 4.67. The lowest BCUT2D eigenvalue weighted by atomic mass is 10.1. The van der Waals surface area contributed by atoms with Crippen LogP contribution < -0.4 is 15.0 Å². The molecule has 0 unspecified atom stereocenters. The first-order valence-electron chi connectivity index (χ1n) is 11.3. The van der Waals surface area contributed by atoms with Crippen molar-refractivity contribution in [3.8, 4) is 11.3 Å². The molecule has 0 aliphatic heterocycles. The summed E-state index contributed by atoms with van der Waals surface area (Å²) in [5.74, 6) is -0.230. The predicted molar refractivity (Wildman–Crippen MR) is 151 cm³/mol. The lowest BCUT2D eigenvalue weighted by Crippen LogP contribution is -2.15. The minimum Gasteiger partial charge on any atom is -0.378 e. The number of aromatic nitrogens is 1. The van der Waals surface area contributed by atoms with Crippen molar-refractivity contribution in [2.75, 3.05) is 24.3 Å². The van der Waals surface area contributed by atoms with Gasteiger partial charge in [0.15, 0.2) is 0 Å². The Kier molecular flexibility index (Phi) is 8.15. The van der Waals surface area contributed by atoms with Gasteiger partial charge in [0.25, 0.3) is 5.91 Å². The highest BCUT2D eigenvalue weighted by Gasteiger charge is 2.18. The van der Waals surface area contributed by atoms with E-state index in [0.717, 1.165) is 22.5 Å². The molecule has 1 heterocycles. The molecule has 0 aliphatic rings. The van der Waals surface area contributed by atoms with Gasteiger partial charge in [-0.3, -0.25) is 4.79 Å². The molecule has 1 aromatic heterocycles. The fourth-order valence-electron chi connectivity index (χ4n) is 3.53. The molecule has 0 fully saturated rings. The van der Waals surface area contributed by atoms with Gasteiger partial charge in [0.05, 0.1) is 11.9 Å². The number of carbonyl (C=O) groups excluding carboxylic acids is 1. The van der Waals surface area contributed by atoms with Crippen LogP contribution in [0.1, 0.15) is 15.9 Å². The highest BCUT2D eigenvalue weighted by Crippen LogP contribution is 2.31. The van der Waals surface area contributed by atoms with Crippen molar-refractivity contribution in [1.29, 1.82) is 0 Å². The number of allylic oxidation sites excluding steroid dienone is 1. The highest BCUT2D eigenvalue weighted by molar-refractivity contribution is 7.14. The molecule has 0 saturated carbocycles. The standard InChI is InChI=1S/C28H26ClN5OS/c1-4-18-34-25(21-8-6-5-7-9-21)27(31-26(35)22-12-14-23(29)15-13-22)36-28(34)32-30-19-20-10-16-24(17-11-20)33(2)3/h4-17,19H,1,18H2,2-3H3,(H,31,35)/b30-19+,32-28-. The zero-order chi connectivity index (χ0) is 25.5. The smallest absolute Gasteiger partial charge is 0.256 e. The Morgan fingerprint density at radius 1 is 1.06 bits per heavy atom. The van der Waals surface area contributed by atoms with E-state index in [1.54, 1.807) is 36.6 Å². The molecule has 3 aromatic carbocycles. The predicted octanol–water partition coefficient (Wildman–Crippen LogP) is 6.31. The summed E-state index contributed by atoms with van der Waals surface area (Å²) in [6.45, 7) is 4.41. The number of nitrogens with zero attached hydrogens (tertiary/aromatic N) is 4. The number of carbonyl (C=O) groups is 1. The Labute approximate surface area is 219 Å². The number of anilines is 2. The first-order chi connectivity index (χ1) is 17.5. The number of nitrogens with one attached hydrogen (secondary N) is 1. The van der Waals surface area contributed by atoms with Gasteiger partial charge in [-0.25, -0.2) is 0 Å². The number of hydrogen-bond donors (Lipinski definition) is 1. The van der Waals surface area contributed by atoms with Crippen molar-refractivity contribution in [2.45, 2.75) is 6.54 Å². The van der Waals surface area contributed by atoms with Gasteiger partial charge in [0, 0.05) is 42.5 Å². The molecular formula is C28H26ClN5OS. The van der Waals surface area contributed by atoms with Gasteiger partial charge in [0.2, 0.25) is 4.80 Å². The Bertz CT molecular complexity index is 1440. The normalized spacial score (nSPS) is 11.6. The van der Waals surface area contributed by atoms with Crippen molar-refractivity contribution in [1.82, 2.24) is 4.57 Å². The van der Waals surface area contributed by atoms with Crippen molar-refractivity contribution < 1.29 is 4.79 Å². The van der Waals surface area contributed by atoms with E-state index in [9.17, 15) is 4.79 Å². The SMILES string of the molecule is C=CCn1c(-c2ccccc2)c(NC(=O)c2ccc(Cl)cc2)s/c1=N\N=C\c1ccc(N(C)C)cc1. The summed E-state index contributed by atoms with van der Waals surface area (Å²) in [6, 6.07) is 24.7. The van der Waals surface area contributed by atoms with E-state index in [0.29, 0.717) is 26.9 Å². The number of halogens is 1. The molecule has 4 rings (SSSR count). The summed E-state index contributed by atoms with van der Waals surface area (Å²) >= 11 is 7.34. The van der Waals surface area contributed by atoms with E-state index in [1.807, 2.05) is 78.2 Å². The first-order valence-corrected chi connectivity index (χ1v) is 12.5. The third-order valence-corrected chi connectivity index (χ3v) is 6.60. The van der Waals surface area contributed by atoms with Crippen molar-refractivity contribution in [3.63, 3.8) is 0 Å². The molecule has 182 valence electrons. The van der Waals surface area contributed by atoms with Gasteiger partial charge in [-0.1, -0.05) is 71.5 Å². The maximum absolute atomic E-state index is 13.0. The monoisotopic (exact) mass is 515 g/mol. The number of benzene rings is 3. The van der Waals surface area contributed by atoms with Crippen LogP contribution in [0.5, 0.6) is 0 Å². The quantitative estimate of drug-likeness (QED) is 0.170. The molecule has 0 spiro atoms. The minimum atomic E-state index is -0.230. The zero-order valence-electron chi connectivity index (χ0n) is 20.1. The van der Waals surface area contributed by atoms with Crippen LogP contribution in [0.15, 0.2) is 102 Å². The number of hydrogen-bond acceptors (Lipinski definition) is 5. The summed E-state index contributed by atoms with van der Waals surface area (Å²) in [5.41, 5.74) is 4.36. The lowest BCUT2D eigenvalue weighted by Gasteiger charge is -2.11. The molecule has 1 N–H and O–H groups in total. The molecule has 4 aromatic rings. The van der Waals surface area contributed by atoms with E-state index in [-0.39, 0.29) is 5.91 Å². The Morgan fingerprint density at radius 3 is 2.39 bits per heavy atom. The van der Waals surface area contributed by atoms with Crippen molar-refractivity contribution >= 4 is 45.7 Å². The summed E-state index contributed by atoms with van der Waals surface area (Å²) < 4.78 is 2.00. The summed E-state index contributed by atoms with van der Waals surface area (Å²) in [6.07, 6.45) is 3.51. The first kappa shape index (κ1) is 25.2. The van der Waals surface area contributed by atoms with Crippen LogP contribution >= 0.6 is 22.9 Å². The molecule has 0 radical (unpaired) electrons. The van der Waals surface area contributed by atoms with Gasteiger partial charge >= 0.3 is 0 Å². The molecule has 8 heteroatoms. The van der Waals surface area contributed by atoms with Crippen LogP contribution in [0.4, 0.5) is 10.7 Å². The maximum atomic E-state index is 13.0. The third kappa shape index (κ3) is 6.00. The average molecular weight is 516 g/mol. The number of thiazole rings is 1. The minimum absolute atomic E-state index is 0.230. The summed E-state index contributed by atoms with van der Waals surface area (Å²) in [5, 5.41) is 13.1. The topological polar surface area (TPSA) is 62.0 Å². The van der Waals surface area contributed by atoms with Gasteiger partial charge < -0.3 is 14.8 Å². The zero-order valence-corrected chi connectivity index (χ0v) is 21.6. The average Bonchev–Trinajstić information content (AvgIpc) is 3.21. The molecule has 36 heavy (non-hydrogen) atoms. The molecule has 0 bridgehead atoms. The van der Waals surface area contributed by atoms with Crippen LogP contribution in [0.3, 0.4) is 0 Å². The van der Waals surface area contributed by atoms with Crippen LogP contribution in [-0.4, -0.2) is 30.8 Å². The molecule has 0 atom stereocenters. The highest BCUT2D eigenvalue weighted by atomic mass is 35.5.